The van der Waals surface area contributed by atoms with Crippen molar-refractivity contribution in [2.24, 2.45) is 0 Å². The lowest BCUT2D eigenvalue weighted by Crippen LogP contribution is -2.02. The molecule has 1 aromatic carbocycles. The average Bonchev–Trinajstić information content (AvgIpc) is 2.37. The molecule has 0 bridgehead atoms. The highest BCUT2D eigenvalue weighted by Gasteiger charge is 2.06. The Hall–Kier alpha value is -1.33. The Morgan fingerprint density at radius 2 is 2.00 bits per heavy atom. The number of hydrogen-bond acceptors (Lipinski definition) is 4. The first-order valence-corrected chi connectivity index (χ1v) is 7.06. The molecule has 0 atom stereocenters. The van der Waals surface area contributed by atoms with Crippen molar-refractivity contribution in [3.05, 3.63) is 39.6 Å². The summed E-state index contributed by atoms with van der Waals surface area (Å²) in [6, 6.07) is 3.83. The van der Waals surface area contributed by atoms with Gasteiger partial charge in [0.05, 0.1) is 18.1 Å². The normalized spacial score (nSPS) is 10.3. The monoisotopic (exact) mass is 340 g/mol. The molecule has 1 aromatic heterocycles. The standard InChI is InChI=1S/C13H14BrClN4/c1-3-17-12-6-16-7-13(19-12)18-11-5-10(15)8(2)4-9(11)14/h4-7H,3H2,1-2H3,(H2,17,18,19). The minimum Gasteiger partial charge on any atom is -0.369 e. The molecule has 0 unspecified atom stereocenters. The lowest BCUT2D eigenvalue weighted by atomic mass is 10.2. The van der Waals surface area contributed by atoms with Crippen LogP contribution in [-0.2, 0) is 0 Å². The topological polar surface area (TPSA) is 49.8 Å². The fourth-order valence-electron chi connectivity index (χ4n) is 1.57. The fraction of sp³-hybridized carbons (Fsp3) is 0.231. The van der Waals surface area contributed by atoms with Crippen molar-refractivity contribution in [3.63, 3.8) is 0 Å². The van der Waals surface area contributed by atoms with Gasteiger partial charge in [0.15, 0.2) is 5.82 Å². The molecule has 0 saturated carbocycles. The Morgan fingerprint density at radius 1 is 1.26 bits per heavy atom. The predicted octanol–water partition coefficient (Wildman–Crippen LogP) is 4.38. The maximum atomic E-state index is 6.12. The number of hydrogen-bond donors (Lipinski definition) is 2. The number of aryl methyl sites for hydroxylation is 1. The predicted molar refractivity (Wildman–Crippen MR) is 83.4 cm³/mol. The van der Waals surface area contributed by atoms with Crippen LogP contribution < -0.4 is 10.6 Å². The van der Waals surface area contributed by atoms with E-state index in [0.717, 1.165) is 28.1 Å². The zero-order valence-electron chi connectivity index (χ0n) is 10.7. The number of nitrogens with zero attached hydrogens (tertiary/aromatic N) is 2. The zero-order chi connectivity index (χ0) is 13.8. The highest BCUT2D eigenvalue weighted by atomic mass is 79.9. The van der Waals surface area contributed by atoms with Gasteiger partial charge in [0.25, 0.3) is 0 Å². The van der Waals surface area contributed by atoms with E-state index in [1.807, 2.05) is 26.0 Å². The maximum absolute atomic E-state index is 6.12. The first-order chi connectivity index (χ1) is 9.10. The van der Waals surface area contributed by atoms with Crippen molar-refractivity contribution in [1.82, 2.24) is 9.97 Å². The maximum Gasteiger partial charge on any atom is 0.151 e. The Kier molecular flexibility index (Phi) is 4.61. The van der Waals surface area contributed by atoms with Crippen LogP contribution in [0.1, 0.15) is 12.5 Å². The van der Waals surface area contributed by atoms with Crippen LogP contribution in [0, 0.1) is 6.92 Å². The molecule has 100 valence electrons. The second-order valence-corrected chi connectivity index (χ2v) is 5.29. The third kappa shape index (κ3) is 3.58. The molecule has 2 aromatic rings. The van der Waals surface area contributed by atoms with E-state index in [4.69, 9.17) is 11.6 Å². The lowest BCUT2D eigenvalue weighted by molar-refractivity contribution is 1.12. The van der Waals surface area contributed by atoms with Gasteiger partial charge in [-0.1, -0.05) is 11.6 Å². The second-order valence-electron chi connectivity index (χ2n) is 4.03. The zero-order valence-corrected chi connectivity index (χ0v) is 13.0. The van der Waals surface area contributed by atoms with E-state index >= 15 is 0 Å². The molecular weight excluding hydrogens is 328 g/mol. The van der Waals surface area contributed by atoms with Crippen molar-refractivity contribution in [2.45, 2.75) is 13.8 Å². The quantitative estimate of drug-likeness (QED) is 0.866. The third-order valence-electron chi connectivity index (χ3n) is 2.50. The van der Waals surface area contributed by atoms with E-state index in [1.54, 1.807) is 12.4 Å². The summed E-state index contributed by atoms with van der Waals surface area (Å²) in [7, 11) is 0. The molecule has 2 rings (SSSR count). The van der Waals surface area contributed by atoms with Gasteiger partial charge >= 0.3 is 0 Å². The van der Waals surface area contributed by atoms with Crippen LogP contribution in [-0.4, -0.2) is 16.5 Å². The summed E-state index contributed by atoms with van der Waals surface area (Å²) in [6.07, 6.45) is 3.35. The van der Waals surface area contributed by atoms with E-state index in [-0.39, 0.29) is 0 Å². The van der Waals surface area contributed by atoms with E-state index < -0.39 is 0 Å². The van der Waals surface area contributed by atoms with E-state index in [0.29, 0.717) is 10.8 Å². The van der Waals surface area contributed by atoms with Gasteiger partial charge < -0.3 is 10.6 Å². The van der Waals surface area contributed by atoms with Crippen LogP contribution >= 0.6 is 27.5 Å². The van der Waals surface area contributed by atoms with Crippen molar-refractivity contribution in [3.8, 4) is 0 Å². The molecule has 0 spiro atoms. The average molecular weight is 342 g/mol. The molecular formula is C13H14BrClN4. The summed E-state index contributed by atoms with van der Waals surface area (Å²) in [4.78, 5) is 8.54. The highest BCUT2D eigenvalue weighted by molar-refractivity contribution is 9.10. The van der Waals surface area contributed by atoms with Gasteiger partial charge in [-0.3, -0.25) is 4.98 Å². The molecule has 4 nitrogen and oxygen atoms in total. The molecule has 19 heavy (non-hydrogen) atoms. The summed E-state index contributed by atoms with van der Waals surface area (Å²) >= 11 is 9.63. The van der Waals surface area contributed by atoms with Gasteiger partial charge in [-0.2, -0.15) is 0 Å². The van der Waals surface area contributed by atoms with Crippen LogP contribution in [0.2, 0.25) is 5.02 Å². The Balaban J connectivity index is 2.25. The minimum absolute atomic E-state index is 0.666. The molecule has 0 saturated heterocycles. The number of aromatic nitrogens is 2. The van der Waals surface area contributed by atoms with Gasteiger partial charge in [-0.05, 0) is 47.5 Å². The SMILES string of the molecule is CCNc1cncc(Nc2cc(Cl)c(C)cc2Br)n1. The van der Waals surface area contributed by atoms with E-state index in [1.165, 1.54) is 0 Å². The molecule has 0 aliphatic heterocycles. The first kappa shape index (κ1) is 14.1. The van der Waals surface area contributed by atoms with Gasteiger partial charge in [0, 0.05) is 16.0 Å². The van der Waals surface area contributed by atoms with Gasteiger partial charge in [-0.15, -0.1) is 0 Å². The van der Waals surface area contributed by atoms with E-state index in [2.05, 4.69) is 36.5 Å². The van der Waals surface area contributed by atoms with Gasteiger partial charge in [-0.25, -0.2) is 4.98 Å². The smallest absolute Gasteiger partial charge is 0.151 e. The van der Waals surface area contributed by atoms with Gasteiger partial charge in [0.1, 0.15) is 5.82 Å². The first-order valence-electron chi connectivity index (χ1n) is 5.88. The van der Waals surface area contributed by atoms with Crippen LogP contribution in [0.4, 0.5) is 17.3 Å². The summed E-state index contributed by atoms with van der Waals surface area (Å²) in [5, 5.41) is 7.02. The molecule has 6 heteroatoms. The number of benzene rings is 1. The molecule has 0 fully saturated rings. The summed E-state index contributed by atoms with van der Waals surface area (Å²) in [6.45, 7) is 4.78. The van der Waals surface area contributed by atoms with Crippen LogP contribution in [0.25, 0.3) is 0 Å². The Morgan fingerprint density at radius 3 is 2.74 bits per heavy atom. The van der Waals surface area contributed by atoms with E-state index in [9.17, 15) is 0 Å². The largest absolute Gasteiger partial charge is 0.369 e. The Bertz CT molecular complexity index is 589. The fourth-order valence-corrected chi connectivity index (χ4v) is 2.29. The summed E-state index contributed by atoms with van der Waals surface area (Å²) in [5.41, 5.74) is 1.88. The molecule has 0 aliphatic carbocycles. The summed E-state index contributed by atoms with van der Waals surface area (Å²) < 4.78 is 0.935. The molecule has 0 radical (unpaired) electrons. The second kappa shape index (κ2) is 6.21. The van der Waals surface area contributed by atoms with Crippen molar-refractivity contribution in [2.75, 3.05) is 17.2 Å². The number of anilines is 3. The molecule has 1 heterocycles. The van der Waals surface area contributed by atoms with Crippen LogP contribution in [0.15, 0.2) is 29.0 Å². The van der Waals surface area contributed by atoms with Gasteiger partial charge in [0.2, 0.25) is 0 Å². The van der Waals surface area contributed by atoms with Crippen LogP contribution in [0.3, 0.4) is 0 Å². The summed E-state index contributed by atoms with van der Waals surface area (Å²) in [5.74, 6) is 1.40. The number of halogens is 2. The Labute approximate surface area is 125 Å². The number of nitrogens with one attached hydrogen (secondary N) is 2. The van der Waals surface area contributed by atoms with Crippen LogP contribution in [0.5, 0.6) is 0 Å². The van der Waals surface area contributed by atoms with Crippen molar-refractivity contribution in [1.29, 1.82) is 0 Å². The molecule has 2 N–H and O–H groups in total. The lowest BCUT2D eigenvalue weighted by Gasteiger charge is -2.10. The van der Waals surface area contributed by atoms with Crippen molar-refractivity contribution >= 4 is 44.9 Å². The third-order valence-corrected chi connectivity index (χ3v) is 3.57. The molecule has 0 aliphatic rings. The minimum atomic E-state index is 0.666. The van der Waals surface area contributed by atoms with Crippen molar-refractivity contribution < 1.29 is 0 Å². The highest BCUT2D eigenvalue weighted by Crippen LogP contribution is 2.30. The molecule has 0 amide bonds. The number of rotatable bonds is 4.